The number of carboxylic acids is 1. The lowest BCUT2D eigenvalue weighted by Crippen LogP contribution is -2.50. The van der Waals surface area contributed by atoms with Crippen LogP contribution < -0.4 is 9.64 Å². The number of rotatable bonds is 5. The molecule has 0 saturated carbocycles. The maximum absolute atomic E-state index is 11.3. The third kappa shape index (κ3) is 2.52. The van der Waals surface area contributed by atoms with Crippen molar-refractivity contribution >= 4 is 11.7 Å². The minimum atomic E-state index is -0.910. The van der Waals surface area contributed by atoms with Gasteiger partial charge in [0.05, 0.1) is 7.11 Å². The van der Waals surface area contributed by atoms with Crippen LogP contribution >= 0.6 is 0 Å². The molecular weight excluding hydrogens is 218 g/mol. The molecule has 4 heteroatoms. The summed E-state index contributed by atoms with van der Waals surface area (Å²) >= 11 is 0. The summed E-state index contributed by atoms with van der Waals surface area (Å²) in [4.78, 5) is 13.1. The number of aliphatic carboxylic acids is 1. The molecule has 0 fully saturated rings. The summed E-state index contributed by atoms with van der Waals surface area (Å²) in [6, 6.07) is 7.39. The molecule has 1 atom stereocenters. The Hall–Kier alpha value is -1.71. The molecule has 0 saturated heterocycles. The van der Waals surface area contributed by atoms with Gasteiger partial charge in [-0.3, -0.25) is 0 Å². The molecule has 0 radical (unpaired) electrons. The molecule has 1 unspecified atom stereocenters. The van der Waals surface area contributed by atoms with Crippen molar-refractivity contribution in [3.05, 3.63) is 24.3 Å². The van der Waals surface area contributed by atoms with E-state index in [1.165, 1.54) is 0 Å². The van der Waals surface area contributed by atoms with E-state index >= 15 is 0 Å². The van der Waals surface area contributed by atoms with Crippen LogP contribution in [0.3, 0.4) is 0 Å². The van der Waals surface area contributed by atoms with Crippen molar-refractivity contribution in [3.63, 3.8) is 0 Å². The molecule has 17 heavy (non-hydrogen) atoms. The Kier molecular flexibility index (Phi) is 3.99. The Labute approximate surface area is 102 Å². The first kappa shape index (κ1) is 13.4. The first-order valence-electron chi connectivity index (χ1n) is 5.57. The number of hydrogen-bond donors (Lipinski definition) is 1. The molecule has 0 aromatic heterocycles. The molecule has 1 N–H and O–H groups in total. The van der Waals surface area contributed by atoms with Gasteiger partial charge in [-0.05, 0) is 25.5 Å². The Balaban J connectivity index is 3.09. The first-order valence-corrected chi connectivity index (χ1v) is 5.57. The fraction of sp³-hybridized carbons (Fsp3) is 0.462. The average Bonchev–Trinajstić information content (AvgIpc) is 2.36. The summed E-state index contributed by atoms with van der Waals surface area (Å²) in [5, 5.41) is 9.32. The van der Waals surface area contributed by atoms with Gasteiger partial charge in [0.2, 0.25) is 0 Å². The Morgan fingerprint density at radius 2 is 2.18 bits per heavy atom. The topological polar surface area (TPSA) is 49.8 Å². The number of carboxylic acid groups (broad SMARTS) is 1. The highest BCUT2D eigenvalue weighted by molar-refractivity contribution is 5.83. The van der Waals surface area contributed by atoms with Crippen LogP contribution in [0.1, 0.15) is 20.3 Å². The molecule has 1 aromatic carbocycles. The molecule has 1 aromatic rings. The van der Waals surface area contributed by atoms with E-state index in [0.29, 0.717) is 6.42 Å². The second-order valence-corrected chi connectivity index (χ2v) is 4.19. The molecule has 4 nitrogen and oxygen atoms in total. The van der Waals surface area contributed by atoms with E-state index in [0.717, 1.165) is 11.4 Å². The summed E-state index contributed by atoms with van der Waals surface area (Å²) in [6.07, 6.45) is 0.524. The average molecular weight is 237 g/mol. The molecule has 0 aliphatic heterocycles. The maximum atomic E-state index is 11.3. The van der Waals surface area contributed by atoms with Crippen LogP contribution in [0.2, 0.25) is 0 Å². The van der Waals surface area contributed by atoms with Crippen molar-refractivity contribution in [3.8, 4) is 5.75 Å². The number of nitrogens with zero attached hydrogens (tertiary/aromatic N) is 1. The van der Waals surface area contributed by atoms with E-state index in [2.05, 4.69) is 0 Å². The van der Waals surface area contributed by atoms with Crippen LogP contribution in [0, 0.1) is 0 Å². The third-order valence-electron chi connectivity index (χ3n) is 3.33. The van der Waals surface area contributed by atoms with Crippen molar-refractivity contribution in [2.45, 2.75) is 25.8 Å². The molecule has 0 aliphatic carbocycles. The first-order chi connectivity index (χ1) is 7.95. The van der Waals surface area contributed by atoms with Crippen molar-refractivity contribution in [2.75, 3.05) is 19.1 Å². The quantitative estimate of drug-likeness (QED) is 0.854. The largest absolute Gasteiger partial charge is 0.497 e. The van der Waals surface area contributed by atoms with Crippen molar-refractivity contribution in [1.29, 1.82) is 0 Å². The van der Waals surface area contributed by atoms with Gasteiger partial charge in [-0.15, -0.1) is 0 Å². The molecule has 0 spiro atoms. The van der Waals surface area contributed by atoms with Crippen molar-refractivity contribution in [1.82, 2.24) is 0 Å². The maximum Gasteiger partial charge on any atom is 0.329 e. The third-order valence-corrected chi connectivity index (χ3v) is 3.33. The molecule has 0 aliphatic rings. The number of carbonyl (C=O) groups is 1. The number of hydrogen-bond acceptors (Lipinski definition) is 3. The predicted molar refractivity (Wildman–Crippen MR) is 67.7 cm³/mol. The van der Waals surface area contributed by atoms with Crippen LogP contribution in [0.15, 0.2) is 24.3 Å². The minimum Gasteiger partial charge on any atom is -0.497 e. The highest BCUT2D eigenvalue weighted by atomic mass is 16.5. The van der Waals surface area contributed by atoms with Crippen LogP contribution in [0.4, 0.5) is 5.69 Å². The van der Waals surface area contributed by atoms with Gasteiger partial charge in [-0.1, -0.05) is 13.0 Å². The number of benzene rings is 1. The summed E-state index contributed by atoms with van der Waals surface area (Å²) in [6.45, 7) is 3.58. The smallest absolute Gasteiger partial charge is 0.329 e. The van der Waals surface area contributed by atoms with Crippen LogP contribution in [-0.2, 0) is 4.79 Å². The summed E-state index contributed by atoms with van der Waals surface area (Å²) in [5.74, 6) is -0.108. The zero-order valence-electron chi connectivity index (χ0n) is 10.7. The van der Waals surface area contributed by atoms with E-state index in [-0.39, 0.29) is 0 Å². The van der Waals surface area contributed by atoms with Crippen LogP contribution in [-0.4, -0.2) is 30.8 Å². The van der Waals surface area contributed by atoms with Gasteiger partial charge >= 0.3 is 5.97 Å². The standard InChI is InChI=1S/C13H19NO3/c1-5-13(2,12(15)16)14(3)10-7-6-8-11(9-10)17-4/h6-9H,5H2,1-4H3,(H,15,16). The van der Waals surface area contributed by atoms with Crippen molar-refractivity contribution in [2.24, 2.45) is 0 Å². The van der Waals surface area contributed by atoms with E-state index < -0.39 is 11.5 Å². The SMILES string of the molecule is CCC(C)(C(=O)O)N(C)c1cccc(OC)c1. The summed E-state index contributed by atoms with van der Waals surface area (Å²) in [7, 11) is 3.38. The van der Waals surface area contributed by atoms with E-state index in [4.69, 9.17) is 4.74 Å². The molecule has 0 amide bonds. The van der Waals surface area contributed by atoms with Crippen LogP contribution in [0.5, 0.6) is 5.75 Å². The van der Waals surface area contributed by atoms with Gasteiger partial charge in [0.25, 0.3) is 0 Å². The Morgan fingerprint density at radius 3 is 2.65 bits per heavy atom. The van der Waals surface area contributed by atoms with Gasteiger partial charge in [-0.25, -0.2) is 4.79 Å². The van der Waals surface area contributed by atoms with Crippen LogP contribution in [0.25, 0.3) is 0 Å². The highest BCUT2D eigenvalue weighted by Gasteiger charge is 2.35. The predicted octanol–water partition coefficient (Wildman–Crippen LogP) is 2.38. The number of methoxy groups -OCH3 is 1. The van der Waals surface area contributed by atoms with Gasteiger partial charge in [-0.2, -0.15) is 0 Å². The minimum absolute atomic E-state index is 0.524. The van der Waals surface area contributed by atoms with Crippen molar-refractivity contribution < 1.29 is 14.6 Å². The highest BCUT2D eigenvalue weighted by Crippen LogP contribution is 2.28. The van der Waals surface area contributed by atoms with E-state index in [1.807, 2.05) is 31.2 Å². The van der Waals surface area contributed by atoms with E-state index in [1.54, 1.807) is 26.0 Å². The second-order valence-electron chi connectivity index (χ2n) is 4.19. The van der Waals surface area contributed by atoms with Gasteiger partial charge in [0.1, 0.15) is 11.3 Å². The molecule has 94 valence electrons. The normalized spacial score (nSPS) is 13.9. The molecular formula is C13H19NO3. The van der Waals surface area contributed by atoms with Gasteiger partial charge in [0, 0.05) is 18.8 Å². The van der Waals surface area contributed by atoms with Gasteiger partial charge < -0.3 is 14.7 Å². The number of ether oxygens (including phenoxy) is 1. The molecule has 0 heterocycles. The summed E-state index contributed by atoms with van der Waals surface area (Å²) < 4.78 is 5.14. The zero-order chi connectivity index (χ0) is 13.1. The molecule has 1 rings (SSSR count). The molecule has 0 bridgehead atoms. The fourth-order valence-corrected chi connectivity index (χ4v) is 1.64. The lowest BCUT2D eigenvalue weighted by Gasteiger charge is -2.36. The monoisotopic (exact) mass is 237 g/mol. The Morgan fingerprint density at radius 1 is 1.53 bits per heavy atom. The number of anilines is 1. The summed E-state index contributed by atoms with van der Waals surface area (Å²) in [5.41, 5.74) is -0.0806. The van der Waals surface area contributed by atoms with E-state index in [9.17, 15) is 9.90 Å². The Bertz CT molecular complexity index is 405. The lowest BCUT2D eigenvalue weighted by atomic mass is 9.96. The second kappa shape index (κ2) is 5.08. The van der Waals surface area contributed by atoms with Gasteiger partial charge in [0.15, 0.2) is 0 Å². The number of likely N-dealkylation sites (N-methyl/N-ethyl adjacent to an activating group) is 1. The fourth-order valence-electron chi connectivity index (χ4n) is 1.64. The zero-order valence-corrected chi connectivity index (χ0v) is 10.7. The lowest BCUT2D eigenvalue weighted by molar-refractivity contribution is -0.142.